The summed E-state index contributed by atoms with van der Waals surface area (Å²) in [6.07, 6.45) is 1.96. The quantitative estimate of drug-likeness (QED) is 0.500. The van der Waals surface area contributed by atoms with Crippen molar-refractivity contribution in [1.82, 2.24) is 4.98 Å². The molecule has 0 radical (unpaired) electrons. The summed E-state index contributed by atoms with van der Waals surface area (Å²) in [6.45, 7) is 0. The van der Waals surface area contributed by atoms with E-state index in [1.807, 2.05) is 6.07 Å². The van der Waals surface area contributed by atoms with E-state index in [0.717, 1.165) is 0 Å². The third kappa shape index (κ3) is 3.95. The molecule has 0 amide bonds. The second kappa shape index (κ2) is 8.07. The summed E-state index contributed by atoms with van der Waals surface area (Å²) >= 11 is 0. The average Bonchev–Trinajstić information content (AvgIpc) is 2.72. The topological polar surface area (TPSA) is 65.5 Å². The van der Waals surface area contributed by atoms with Crippen LogP contribution in [0.1, 0.15) is 32.4 Å². The minimum absolute atomic E-state index is 0.304. The van der Waals surface area contributed by atoms with E-state index in [9.17, 15) is 9.59 Å². The Bertz CT molecular complexity index is 877. The highest BCUT2D eigenvalue weighted by Gasteiger charge is 2.26. The molecule has 0 N–H and O–H groups in total. The first-order valence-corrected chi connectivity index (χ1v) is 8.03. The fourth-order valence-electron chi connectivity index (χ4n) is 2.47. The predicted octanol–water partition coefficient (Wildman–Crippen LogP) is 3.87. The third-order valence-electron chi connectivity index (χ3n) is 3.86. The number of carbonyl (C=O) groups is 2. The number of rotatable bonds is 6. The van der Waals surface area contributed by atoms with Gasteiger partial charge in [-0.15, -0.1) is 0 Å². The van der Waals surface area contributed by atoms with Gasteiger partial charge in [0, 0.05) is 23.5 Å². The van der Waals surface area contributed by atoms with Gasteiger partial charge in [-0.1, -0.05) is 30.3 Å². The van der Waals surface area contributed by atoms with Crippen LogP contribution in [0.2, 0.25) is 0 Å². The first-order chi connectivity index (χ1) is 12.7. The van der Waals surface area contributed by atoms with Crippen LogP contribution in [0.5, 0.6) is 5.75 Å². The van der Waals surface area contributed by atoms with Crippen molar-refractivity contribution in [2.24, 2.45) is 0 Å². The third-order valence-corrected chi connectivity index (χ3v) is 3.86. The molecular formula is C21H17NO4. The van der Waals surface area contributed by atoms with Gasteiger partial charge in [-0.2, -0.15) is 0 Å². The van der Waals surface area contributed by atoms with Gasteiger partial charge in [0.15, 0.2) is 6.10 Å². The molecule has 0 aliphatic carbocycles. The summed E-state index contributed by atoms with van der Waals surface area (Å²) in [6, 6.07) is 18.7. The molecule has 1 heterocycles. The molecule has 1 aromatic heterocycles. The number of ether oxygens (including phenoxy) is 2. The Morgan fingerprint density at radius 2 is 1.50 bits per heavy atom. The number of hydrogen-bond acceptors (Lipinski definition) is 5. The number of esters is 1. The van der Waals surface area contributed by atoms with Crippen LogP contribution < -0.4 is 4.74 Å². The Morgan fingerprint density at radius 3 is 2.12 bits per heavy atom. The molecule has 0 fully saturated rings. The van der Waals surface area contributed by atoms with Crippen molar-refractivity contribution in [3.05, 3.63) is 95.8 Å². The number of nitrogens with zero attached hydrogens (tertiary/aromatic N) is 1. The van der Waals surface area contributed by atoms with E-state index in [2.05, 4.69) is 4.98 Å². The summed E-state index contributed by atoms with van der Waals surface area (Å²) in [5.74, 6) is -0.240. The molecule has 0 spiro atoms. The van der Waals surface area contributed by atoms with Gasteiger partial charge in [-0.3, -0.25) is 9.78 Å². The van der Waals surface area contributed by atoms with Gasteiger partial charge in [0.2, 0.25) is 5.78 Å². The highest BCUT2D eigenvalue weighted by atomic mass is 16.5. The van der Waals surface area contributed by atoms with Crippen LogP contribution in [0.15, 0.2) is 79.1 Å². The lowest BCUT2D eigenvalue weighted by molar-refractivity contribution is 0.0280. The van der Waals surface area contributed by atoms with Crippen LogP contribution in [0.4, 0.5) is 0 Å². The van der Waals surface area contributed by atoms with Crippen LogP contribution in [-0.2, 0) is 4.74 Å². The maximum Gasteiger partial charge on any atom is 0.339 e. The second-order valence-electron chi connectivity index (χ2n) is 5.52. The Kier molecular flexibility index (Phi) is 5.39. The summed E-state index contributed by atoms with van der Waals surface area (Å²) in [5.41, 5.74) is 1.38. The first kappa shape index (κ1) is 17.4. The van der Waals surface area contributed by atoms with E-state index in [0.29, 0.717) is 22.4 Å². The zero-order valence-corrected chi connectivity index (χ0v) is 14.2. The molecule has 3 aromatic rings. The summed E-state index contributed by atoms with van der Waals surface area (Å²) in [7, 11) is 1.56. The normalized spacial score (nSPS) is 11.4. The zero-order chi connectivity index (χ0) is 18.4. The van der Waals surface area contributed by atoms with E-state index >= 15 is 0 Å². The van der Waals surface area contributed by atoms with Crippen LogP contribution in [0.25, 0.3) is 0 Å². The molecule has 5 heteroatoms. The number of benzene rings is 2. The monoisotopic (exact) mass is 347 g/mol. The number of hydrogen-bond donors (Lipinski definition) is 0. The molecule has 0 saturated heterocycles. The standard InChI is InChI=1S/C21H17NO4/c1-25-18-9-7-15(8-10-18)19(23)20(16-5-3-2-4-6-16)26-21(24)17-11-13-22-14-12-17/h2-14,20H,1H3/t20-/m0/s1. The number of ketones is 1. The fraction of sp³-hybridized carbons (Fsp3) is 0.0952. The molecule has 0 saturated carbocycles. The SMILES string of the molecule is COc1ccc(C(=O)[C@@H](OC(=O)c2ccncc2)c2ccccc2)cc1. The van der Waals surface area contributed by atoms with Gasteiger partial charge >= 0.3 is 5.97 Å². The van der Waals surface area contributed by atoms with Crippen molar-refractivity contribution in [1.29, 1.82) is 0 Å². The lowest BCUT2D eigenvalue weighted by Crippen LogP contribution is -2.20. The fourth-order valence-corrected chi connectivity index (χ4v) is 2.47. The zero-order valence-electron chi connectivity index (χ0n) is 14.2. The van der Waals surface area contributed by atoms with Crippen molar-refractivity contribution in [3.8, 4) is 5.75 Å². The minimum Gasteiger partial charge on any atom is -0.497 e. The van der Waals surface area contributed by atoms with Crippen LogP contribution in [0, 0.1) is 0 Å². The Balaban J connectivity index is 1.90. The summed E-state index contributed by atoms with van der Waals surface area (Å²) < 4.78 is 10.7. The lowest BCUT2D eigenvalue weighted by atomic mass is 9.99. The van der Waals surface area contributed by atoms with E-state index in [-0.39, 0.29) is 5.78 Å². The van der Waals surface area contributed by atoms with Crippen molar-refractivity contribution in [2.45, 2.75) is 6.10 Å². The van der Waals surface area contributed by atoms with Gasteiger partial charge in [-0.05, 0) is 36.4 Å². The number of Topliss-reactive ketones (excluding diaryl/α,β-unsaturated/α-hetero) is 1. The highest BCUT2D eigenvalue weighted by molar-refractivity contribution is 6.02. The molecule has 5 nitrogen and oxygen atoms in total. The van der Waals surface area contributed by atoms with Crippen LogP contribution in [-0.4, -0.2) is 23.8 Å². The van der Waals surface area contributed by atoms with E-state index in [1.54, 1.807) is 67.8 Å². The second-order valence-corrected chi connectivity index (χ2v) is 5.52. The molecule has 0 aliphatic rings. The maximum atomic E-state index is 13.0. The molecule has 0 unspecified atom stereocenters. The number of methoxy groups -OCH3 is 1. The van der Waals surface area contributed by atoms with Gasteiger partial charge < -0.3 is 9.47 Å². The Hall–Kier alpha value is -3.47. The van der Waals surface area contributed by atoms with Crippen molar-refractivity contribution in [2.75, 3.05) is 7.11 Å². The summed E-state index contributed by atoms with van der Waals surface area (Å²) in [5, 5.41) is 0. The summed E-state index contributed by atoms with van der Waals surface area (Å²) in [4.78, 5) is 29.3. The molecular weight excluding hydrogens is 330 g/mol. The molecule has 0 bridgehead atoms. The average molecular weight is 347 g/mol. The molecule has 3 rings (SSSR count). The predicted molar refractivity (Wildman–Crippen MR) is 96.2 cm³/mol. The molecule has 130 valence electrons. The van der Waals surface area contributed by atoms with Gasteiger partial charge in [0.25, 0.3) is 0 Å². The first-order valence-electron chi connectivity index (χ1n) is 8.03. The Labute approximate surface area is 151 Å². The van der Waals surface area contributed by atoms with E-state index < -0.39 is 12.1 Å². The van der Waals surface area contributed by atoms with E-state index in [1.165, 1.54) is 12.4 Å². The number of pyridine rings is 1. The molecule has 26 heavy (non-hydrogen) atoms. The van der Waals surface area contributed by atoms with Crippen molar-refractivity contribution >= 4 is 11.8 Å². The molecule has 0 aliphatic heterocycles. The van der Waals surface area contributed by atoms with Crippen molar-refractivity contribution in [3.63, 3.8) is 0 Å². The van der Waals surface area contributed by atoms with Gasteiger partial charge in [0.1, 0.15) is 5.75 Å². The smallest absolute Gasteiger partial charge is 0.339 e. The largest absolute Gasteiger partial charge is 0.497 e. The van der Waals surface area contributed by atoms with Crippen LogP contribution >= 0.6 is 0 Å². The molecule has 1 atom stereocenters. The number of aromatic nitrogens is 1. The van der Waals surface area contributed by atoms with E-state index in [4.69, 9.17) is 9.47 Å². The van der Waals surface area contributed by atoms with Crippen molar-refractivity contribution < 1.29 is 19.1 Å². The van der Waals surface area contributed by atoms with Crippen LogP contribution in [0.3, 0.4) is 0 Å². The number of carbonyl (C=O) groups excluding carboxylic acids is 2. The molecule has 2 aromatic carbocycles. The minimum atomic E-state index is -1.04. The Morgan fingerprint density at radius 1 is 0.846 bits per heavy atom. The van der Waals surface area contributed by atoms with Gasteiger partial charge in [0.05, 0.1) is 12.7 Å². The highest BCUT2D eigenvalue weighted by Crippen LogP contribution is 2.25. The lowest BCUT2D eigenvalue weighted by Gasteiger charge is -2.17. The van der Waals surface area contributed by atoms with Gasteiger partial charge in [-0.25, -0.2) is 4.79 Å². The maximum absolute atomic E-state index is 13.0.